The van der Waals surface area contributed by atoms with E-state index in [0.717, 1.165) is 0 Å². The maximum absolute atomic E-state index is 13.0. The van der Waals surface area contributed by atoms with Gasteiger partial charge in [0.15, 0.2) is 12.1 Å². The summed E-state index contributed by atoms with van der Waals surface area (Å²) in [5, 5.41) is 0. The first-order chi connectivity index (χ1) is 11.8. The van der Waals surface area contributed by atoms with Gasteiger partial charge in [0, 0.05) is 7.11 Å². The SMILES string of the molecule is COc1cccc(OC)c1C(=O)C(CC(C)C)C(=O)OOC(C)OC. The summed E-state index contributed by atoms with van der Waals surface area (Å²) in [5.41, 5.74) is 0.204. The van der Waals surface area contributed by atoms with Crippen LogP contribution in [0.3, 0.4) is 0 Å². The van der Waals surface area contributed by atoms with Crippen molar-refractivity contribution >= 4 is 11.8 Å². The number of hydrogen-bond acceptors (Lipinski definition) is 7. The molecule has 0 aliphatic heterocycles. The van der Waals surface area contributed by atoms with Gasteiger partial charge < -0.3 is 14.2 Å². The van der Waals surface area contributed by atoms with E-state index in [0.29, 0.717) is 17.9 Å². The monoisotopic (exact) mass is 354 g/mol. The lowest BCUT2D eigenvalue weighted by Crippen LogP contribution is -2.29. The Labute approximate surface area is 148 Å². The van der Waals surface area contributed by atoms with E-state index in [2.05, 4.69) is 0 Å². The average molecular weight is 354 g/mol. The highest BCUT2D eigenvalue weighted by molar-refractivity contribution is 6.11. The van der Waals surface area contributed by atoms with Crippen LogP contribution in [-0.4, -0.2) is 39.4 Å². The van der Waals surface area contributed by atoms with Crippen molar-refractivity contribution in [1.29, 1.82) is 0 Å². The third-order valence-electron chi connectivity index (χ3n) is 3.58. The zero-order valence-electron chi connectivity index (χ0n) is 15.5. The zero-order valence-corrected chi connectivity index (χ0v) is 15.5. The van der Waals surface area contributed by atoms with E-state index in [1.807, 2.05) is 13.8 Å². The first-order valence-electron chi connectivity index (χ1n) is 8.00. The molecule has 0 heterocycles. The minimum atomic E-state index is -1.05. The van der Waals surface area contributed by atoms with Gasteiger partial charge in [0.05, 0.1) is 14.2 Å². The van der Waals surface area contributed by atoms with E-state index in [1.54, 1.807) is 25.1 Å². The number of hydrogen-bond donors (Lipinski definition) is 0. The number of Topliss-reactive ketones (excluding diaryl/α,β-unsaturated/α-hetero) is 1. The maximum atomic E-state index is 13.0. The Balaban J connectivity index is 3.15. The summed E-state index contributed by atoms with van der Waals surface area (Å²) >= 11 is 0. The standard InChI is InChI=1S/C18H26O7/c1-11(2)10-13(18(20)25-24-12(3)21-4)17(19)16-14(22-5)8-7-9-15(16)23-6/h7-9,11-13H,10H2,1-6H3. The smallest absolute Gasteiger partial charge is 0.353 e. The van der Waals surface area contributed by atoms with Gasteiger partial charge in [0.1, 0.15) is 23.0 Å². The highest BCUT2D eigenvalue weighted by atomic mass is 17.2. The van der Waals surface area contributed by atoms with Gasteiger partial charge in [-0.15, -0.1) is 0 Å². The molecule has 25 heavy (non-hydrogen) atoms. The molecule has 0 aromatic heterocycles. The molecular weight excluding hydrogens is 328 g/mol. The Kier molecular flexibility index (Phi) is 8.37. The van der Waals surface area contributed by atoms with Crippen molar-refractivity contribution < 1.29 is 33.6 Å². The van der Waals surface area contributed by atoms with E-state index in [9.17, 15) is 9.59 Å². The number of carbonyl (C=O) groups excluding carboxylic acids is 2. The molecule has 2 unspecified atom stereocenters. The van der Waals surface area contributed by atoms with Gasteiger partial charge in [-0.3, -0.25) is 9.68 Å². The average Bonchev–Trinajstić information content (AvgIpc) is 2.62. The number of methoxy groups -OCH3 is 3. The molecule has 0 saturated heterocycles. The first-order valence-corrected chi connectivity index (χ1v) is 8.00. The molecule has 140 valence electrons. The Bertz CT molecular complexity index is 561. The number of carbonyl (C=O) groups is 2. The first kappa shape index (κ1) is 20.9. The molecule has 7 nitrogen and oxygen atoms in total. The maximum Gasteiger partial charge on any atom is 0.353 e. The normalized spacial score (nSPS) is 13.2. The van der Waals surface area contributed by atoms with Gasteiger partial charge in [-0.2, -0.15) is 4.89 Å². The molecule has 0 fully saturated rings. The summed E-state index contributed by atoms with van der Waals surface area (Å²) in [4.78, 5) is 35.1. The summed E-state index contributed by atoms with van der Waals surface area (Å²) in [6, 6.07) is 4.97. The molecule has 0 radical (unpaired) electrons. The van der Waals surface area contributed by atoms with Crippen LogP contribution in [0.5, 0.6) is 11.5 Å². The zero-order chi connectivity index (χ0) is 19.0. The Morgan fingerprint density at radius 3 is 2.00 bits per heavy atom. The highest BCUT2D eigenvalue weighted by Gasteiger charge is 2.34. The minimum Gasteiger partial charge on any atom is -0.496 e. The molecule has 0 N–H and O–H groups in total. The molecular formula is C18H26O7. The number of benzene rings is 1. The molecule has 1 rings (SSSR count). The van der Waals surface area contributed by atoms with Crippen molar-refractivity contribution in [2.24, 2.45) is 11.8 Å². The van der Waals surface area contributed by atoms with Crippen LogP contribution in [0.25, 0.3) is 0 Å². The fourth-order valence-electron chi connectivity index (χ4n) is 2.26. The molecule has 7 heteroatoms. The van der Waals surface area contributed by atoms with Gasteiger partial charge >= 0.3 is 5.97 Å². The van der Waals surface area contributed by atoms with Crippen LogP contribution in [0.1, 0.15) is 37.6 Å². The molecule has 0 saturated carbocycles. The lowest BCUT2D eigenvalue weighted by molar-refractivity contribution is -0.343. The third-order valence-corrected chi connectivity index (χ3v) is 3.58. The van der Waals surface area contributed by atoms with Crippen molar-refractivity contribution in [2.75, 3.05) is 21.3 Å². The molecule has 2 atom stereocenters. The molecule has 1 aromatic rings. The molecule has 1 aromatic carbocycles. The predicted octanol–water partition coefficient (Wildman–Crippen LogP) is 3.02. The number of rotatable bonds is 10. The summed E-state index contributed by atoms with van der Waals surface area (Å²) in [6.07, 6.45) is -0.441. The van der Waals surface area contributed by atoms with Crippen molar-refractivity contribution in [3.05, 3.63) is 23.8 Å². The Hall–Kier alpha value is -2.12. The molecule has 0 aliphatic carbocycles. The van der Waals surface area contributed by atoms with E-state index in [1.165, 1.54) is 21.3 Å². The predicted molar refractivity (Wildman–Crippen MR) is 90.5 cm³/mol. The van der Waals surface area contributed by atoms with Gasteiger partial charge in [-0.05, 0) is 31.4 Å². The second-order valence-electron chi connectivity index (χ2n) is 5.89. The second-order valence-corrected chi connectivity index (χ2v) is 5.89. The molecule has 0 amide bonds. The van der Waals surface area contributed by atoms with Crippen LogP contribution in [0.4, 0.5) is 0 Å². The van der Waals surface area contributed by atoms with Crippen LogP contribution in [0.2, 0.25) is 0 Å². The van der Waals surface area contributed by atoms with Crippen LogP contribution in [0, 0.1) is 11.8 Å². The second kappa shape index (κ2) is 10.0. The lowest BCUT2D eigenvalue weighted by atomic mass is 9.89. The third kappa shape index (κ3) is 5.72. The van der Waals surface area contributed by atoms with Crippen molar-refractivity contribution in [3.8, 4) is 11.5 Å². The Morgan fingerprint density at radius 1 is 1.00 bits per heavy atom. The molecule has 0 bridgehead atoms. The van der Waals surface area contributed by atoms with Crippen LogP contribution >= 0.6 is 0 Å². The minimum absolute atomic E-state index is 0.0852. The van der Waals surface area contributed by atoms with E-state index < -0.39 is 24.0 Å². The highest BCUT2D eigenvalue weighted by Crippen LogP contribution is 2.32. The van der Waals surface area contributed by atoms with Crippen LogP contribution in [-0.2, 0) is 19.3 Å². The summed E-state index contributed by atoms with van der Waals surface area (Å²) in [5.74, 6) is -1.53. The summed E-state index contributed by atoms with van der Waals surface area (Å²) in [6.45, 7) is 5.38. The van der Waals surface area contributed by atoms with Gasteiger partial charge in [-0.25, -0.2) is 4.79 Å². The largest absolute Gasteiger partial charge is 0.496 e. The quantitative estimate of drug-likeness (QED) is 0.210. The van der Waals surface area contributed by atoms with Gasteiger partial charge in [0.2, 0.25) is 0 Å². The summed E-state index contributed by atoms with van der Waals surface area (Å²) < 4.78 is 15.4. The van der Waals surface area contributed by atoms with Gasteiger partial charge in [0.25, 0.3) is 0 Å². The van der Waals surface area contributed by atoms with Crippen LogP contribution in [0.15, 0.2) is 18.2 Å². The van der Waals surface area contributed by atoms with Gasteiger partial charge in [-0.1, -0.05) is 19.9 Å². The van der Waals surface area contributed by atoms with E-state index in [-0.39, 0.29) is 11.5 Å². The summed E-state index contributed by atoms with van der Waals surface area (Å²) in [7, 11) is 4.31. The van der Waals surface area contributed by atoms with Crippen LogP contribution < -0.4 is 9.47 Å². The fraction of sp³-hybridized carbons (Fsp3) is 0.556. The van der Waals surface area contributed by atoms with Crippen molar-refractivity contribution in [2.45, 2.75) is 33.5 Å². The van der Waals surface area contributed by atoms with E-state index in [4.69, 9.17) is 24.0 Å². The topological polar surface area (TPSA) is 80.3 Å². The fourth-order valence-corrected chi connectivity index (χ4v) is 2.26. The number of ether oxygens (including phenoxy) is 3. The lowest BCUT2D eigenvalue weighted by Gasteiger charge is -2.19. The Morgan fingerprint density at radius 2 is 1.56 bits per heavy atom. The van der Waals surface area contributed by atoms with E-state index >= 15 is 0 Å². The molecule has 0 spiro atoms. The number of ketones is 1. The van der Waals surface area contributed by atoms with Crippen molar-refractivity contribution in [1.82, 2.24) is 0 Å². The molecule has 0 aliphatic rings. The van der Waals surface area contributed by atoms with Crippen molar-refractivity contribution in [3.63, 3.8) is 0 Å².